The van der Waals surface area contributed by atoms with Crippen molar-refractivity contribution in [3.05, 3.63) is 33.7 Å². The Morgan fingerprint density at radius 1 is 1.23 bits per heavy atom. The summed E-state index contributed by atoms with van der Waals surface area (Å²) in [6.07, 6.45) is 6.50. The van der Waals surface area contributed by atoms with E-state index in [2.05, 4.69) is 20.5 Å². The van der Waals surface area contributed by atoms with Gasteiger partial charge in [0.05, 0.1) is 18.8 Å². The van der Waals surface area contributed by atoms with Crippen molar-refractivity contribution in [2.75, 3.05) is 30.4 Å². The van der Waals surface area contributed by atoms with Crippen LogP contribution in [0.4, 0.5) is 5.82 Å². The minimum absolute atomic E-state index is 0.0296. The number of hydrogen-bond acceptors (Lipinski definition) is 8. The maximum atomic E-state index is 5.99. The van der Waals surface area contributed by atoms with E-state index in [1.54, 1.807) is 17.4 Å². The van der Waals surface area contributed by atoms with Gasteiger partial charge in [0.1, 0.15) is 11.1 Å². The average molecular weight is 376 g/mol. The second-order valence-corrected chi connectivity index (χ2v) is 7.76. The number of morpholine rings is 1. The molecule has 1 unspecified atom stereocenters. The number of nitrogen functional groups attached to an aromatic ring is 1. The van der Waals surface area contributed by atoms with Gasteiger partial charge in [-0.15, -0.1) is 16.4 Å². The first kappa shape index (κ1) is 17.3. The smallest absolute Gasteiger partial charge is 0.190 e. The predicted octanol–water partition coefficient (Wildman–Crippen LogP) is 1.45. The Labute approximate surface area is 156 Å². The third-order valence-electron chi connectivity index (χ3n) is 5.19. The predicted molar refractivity (Wildman–Crippen MR) is 101 cm³/mol. The summed E-state index contributed by atoms with van der Waals surface area (Å²) < 4.78 is 5.99. The van der Waals surface area contributed by atoms with Gasteiger partial charge in [0.2, 0.25) is 0 Å². The highest BCUT2D eigenvalue weighted by Gasteiger charge is 2.27. The fourth-order valence-electron chi connectivity index (χ4n) is 3.73. The molecule has 1 saturated heterocycles. The van der Waals surface area contributed by atoms with Crippen molar-refractivity contribution >= 4 is 17.2 Å². The minimum atomic E-state index is -0.0296. The molecule has 140 valence electrons. The molecule has 4 rings (SSSR count). The SMILES string of the molecule is N/N=c1/ccc(N2CCOC(c3nc(C4CCCCC4)cs3)C2)nn1N. The van der Waals surface area contributed by atoms with E-state index in [-0.39, 0.29) is 6.10 Å². The maximum absolute atomic E-state index is 5.99. The van der Waals surface area contributed by atoms with Gasteiger partial charge >= 0.3 is 0 Å². The van der Waals surface area contributed by atoms with E-state index in [9.17, 15) is 0 Å². The van der Waals surface area contributed by atoms with Gasteiger partial charge in [0.25, 0.3) is 0 Å². The van der Waals surface area contributed by atoms with E-state index in [4.69, 9.17) is 21.4 Å². The highest BCUT2D eigenvalue weighted by Crippen LogP contribution is 2.35. The third kappa shape index (κ3) is 3.54. The zero-order valence-corrected chi connectivity index (χ0v) is 15.6. The van der Waals surface area contributed by atoms with Crippen molar-refractivity contribution in [3.63, 3.8) is 0 Å². The van der Waals surface area contributed by atoms with Crippen molar-refractivity contribution in [1.82, 2.24) is 14.9 Å². The summed E-state index contributed by atoms with van der Waals surface area (Å²) in [7, 11) is 0. The zero-order valence-electron chi connectivity index (χ0n) is 14.8. The Bertz CT molecular complexity index is 811. The molecule has 1 aliphatic heterocycles. The van der Waals surface area contributed by atoms with Gasteiger partial charge in [0, 0.05) is 17.8 Å². The van der Waals surface area contributed by atoms with Gasteiger partial charge < -0.3 is 21.3 Å². The molecule has 4 N–H and O–H groups in total. The highest BCUT2D eigenvalue weighted by molar-refractivity contribution is 7.09. The Hall–Kier alpha value is -2.13. The van der Waals surface area contributed by atoms with Gasteiger partial charge in [-0.05, 0) is 25.0 Å². The molecule has 9 heteroatoms. The molecule has 1 aliphatic carbocycles. The molecular formula is C17H25N7OS. The number of thiazole rings is 1. The van der Waals surface area contributed by atoms with E-state index >= 15 is 0 Å². The molecule has 0 aromatic carbocycles. The molecule has 2 aliphatic rings. The summed E-state index contributed by atoms with van der Waals surface area (Å²) in [5.74, 6) is 12.5. The Kier molecular flexibility index (Phi) is 5.07. The second-order valence-electron chi connectivity index (χ2n) is 6.87. The average Bonchev–Trinajstić information content (AvgIpc) is 3.19. The van der Waals surface area contributed by atoms with Crippen molar-refractivity contribution in [2.24, 2.45) is 10.9 Å². The van der Waals surface area contributed by atoms with E-state index in [0.29, 0.717) is 24.6 Å². The minimum Gasteiger partial charge on any atom is -0.367 e. The van der Waals surface area contributed by atoms with E-state index in [1.165, 1.54) is 42.6 Å². The number of ether oxygens (including phenoxy) is 1. The molecule has 0 spiro atoms. The van der Waals surface area contributed by atoms with Crippen LogP contribution in [0.5, 0.6) is 0 Å². The summed E-state index contributed by atoms with van der Waals surface area (Å²) in [4.78, 5) is 8.28. The number of hydrogen-bond donors (Lipinski definition) is 2. The molecule has 2 aromatic rings. The maximum Gasteiger partial charge on any atom is 0.190 e. The Morgan fingerprint density at radius 2 is 2.08 bits per heavy atom. The first-order valence-corrected chi connectivity index (χ1v) is 10.0. The highest BCUT2D eigenvalue weighted by atomic mass is 32.1. The quantitative estimate of drug-likeness (QED) is 0.621. The van der Waals surface area contributed by atoms with Crippen LogP contribution in [-0.4, -0.2) is 34.6 Å². The van der Waals surface area contributed by atoms with E-state index in [0.717, 1.165) is 17.4 Å². The lowest BCUT2D eigenvalue weighted by molar-refractivity contribution is 0.0391. The molecule has 0 amide bonds. The largest absolute Gasteiger partial charge is 0.367 e. The van der Waals surface area contributed by atoms with Gasteiger partial charge in [-0.2, -0.15) is 9.89 Å². The van der Waals surface area contributed by atoms with Gasteiger partial charge in [-0.3, -0.25) is 0 Å². The van der Waals surface area contributed by atoms with Crippen LogP contribution in [0.1, 0.15) is 54.8 Å². The summed E-state index contributed by atoms with van der Waals surface area (Å²) in [6, 6.07) is 3.64. The first-order valence-electron chi connectivity index (χ1n) is 9.16. The monoisotopic (exact) mass is 375 g/mol. The topological polar surface area (TPSA) is 108 Å². The number of aromatic nitrogens is 3. The fraction of sp³-hybridized carbons (Fsp3) is 0.588. The summed E-state index contributed by atoms with van der Waals surface area (Å²) in [5.41, 5.74) is 1.67. The van der Waals surface area contributed by atoms with Gasteiger partial charge in [0.15, 0.2) is 11.3 Å². The standard InChI is InChI=1S/C17H25N7OS/c18-21-15-6-7-16(22-24(15)19)23-8-9-25-14(10-23)17-20-13(11-26-17)12-4-2-1-3-5-12/h6-7,11-12,14H,1-5,8-10,18-19H2/b21-15-. The van der Waals surface area contributed by atoms with Crippen LogP contribution >= 0.6 is 11.3 Å². The van der Waals surface area contributed by atoms with Crippen molar-refractivity contribution in [3.8, 4) is 0 Å². The van der Waals surface area contributed by atoms with Crippen LogP contribution in [0.2, 0.25) is 0 Å². The van der Waals surface area contributed by atoms with Gasteiger partial charge in [-0.25, -0.2) is 4.98 Å². The fourth-order valence-corrected chi connectivity index (χ4v) is 4.67. The third-order valence-corrected chi connectivity index (χ3v) is 6.14. The van der Waals surface area contributed by atoms with Crippen molar-refractivity contribution < 1.29 is 4.74 Å². The van der Waals surface area contributed by atoms with E-state index in [1.807, 2.05) is 6.07 Å². The van der Waals surface area contributed by atoms with Crippen LogP contribution < -0.4 is 22.1 Å². The molecule has 3 heterocycles. The van der Waals surface area contributed by atoms with Crippen LogP contribution in [0.15, 0.2) is 22.6 Å². The van der Waals surface area contributed by atoms with Crippen molar-refractivity contribution in [2.45, 2.75) is 44.1 Å². The zero-order chi connectivity index (χ0) is 17.9. The van der Waals surface area contributed by atoms with Crippen LogP contribution in [0, 0.1) is 0 Å². The Morgan fingerprint density at radius 3 is 2.85 bits per heavy atom. The number of nitrogens with two attached hydrogens (primary N) is 2. The molecule has 8 nitrogen and oxygen atoms in total. The Balaban J connectivity index is 1.48. The normalized spacial score (nSPS) is 22.7. The number of nitrogens with zero attached hydrogens (tertiary/aromatic N) is 5. The summed E-state index contributed by atoms with van der Waals surface area (Å²) in [6.45, 7) is 2.12. The molecule has 26 heavy (non-hydrogen) atoms. The van der Waals surface area contributed by atoms with Gasteiger partial charge in [-0.1, -0.05) is 19.3 Å². The lowest BCUT2D eigenvalue weighted by atomic mass is 9.87. The second kappa shape index (κ2) is 7.63. The summed E-state index contributed by atoms with van der Waals surface area (Å²) in [5, 5.41) is 11.2. The van der Waals surface area contributed by atoms with Crippen LogP contribution in [0.3, 0.4) is 0 Å². The molecule has 0 radical (unpaired) electrons. The number of anilines is 1. The molecule has 0 bridgehead atoms. The summed E-state index contributed by atoms with van der Waals surface area (Å²) >= 11 is 1.71. The van der Waals surface area contributed by atoms with Crippen LogP contribution in [-0.2, 0) is 4.74 Å². The molecule has 2 aromatic heterocycles. The first-order chi connectivity index (χ1) is 12.7. The lowest BCUT2D eigenvalue weighted by Crippen LogP contribution is -2.41. The molecular weight excluding hydrogens is 350 g/mol. The molecule has 2 fully saturated rings. The molecule has 1 atom stereocenters. The van der Waals surface area contributed by atoms with E-state index < -0.39 is 0 Å². The van der Waals surface area contributed by atoms with Crippen molar-refractivity contribution in [1.29, 1.82) is 0 Å². The number of rotatable bonds is 3. The van der Waals surface area contributed by atoms with Crippen LogP contribution in [0.25, 0.3) is 0 Å². The lowest BCUT2D eigenvalue weighted by Gasteiger charge is -2.32. The molecule has 1 saturated carbocycles.